The first-order chi connectivity index (χ1) is 8.59. The van der Waals surface area contributed by atoms with Crippen LogP contribution in [-0.2, 0) is 0 Å². The van der Waals surface area contributed by atoms with Crippen LogP contribution in [0.1, 0.15) is 53.1 Å². The van der Waals surface area contributed by atoms with Gasteiger partial charge in [-0.1, -0.05) is 33.8 Å². The van der Waals surface area contributed by atoms with Crippen LogP contribution in [-0.4, -0.2) is 9.78 Å². The van der Waals surface area contributed by atoms with E-state index < -0.39 is 0 Å². The van der Waals surface area contributed by atoms with Gasteiger partial charge in [0.25, 0.3) is 5.56 Å². The van der Waals surface area contributed by atoms with Crippen molar-refractivity contribution in [2.45, 2.75) is 54.5 Å². The van der Waals surface area contributed by atoms with E-state index >= 15 is 0 Å². The maximum Gasteiger partial charge on any atom is 0.271 e. The minimum atomic E-state index is -0.00583. The summed E-state index contributed by atoms with van der Waals surface area (Å²) in [5, 5.41) is 3.61. The van der Waals surface area contributed by atoms with E-state index in [9.17, 15) is 4.79 Å². The number of fused-ring (bicyclic) bond motifs is 1. The van der Waals surface area contributed by atoms with Crippen LogP contribution in [0.15, 0.2) is 23.0 Å². The maximum absolute atomic E-state index is 11.5. The molecule has 0 bridgehead atoms. The minimum Gasteiger partial charge on any atom is -0.282 e. The minimum absolute atomic E-state index is 0.00583. The molecular weight excluding hydrogens is 224 g/mol. The Labute approximate surface area is 110 Å². The fourth-order valence-electron chi connectivity index (χ4n) is 1.67. The van der Waals surface area contributed by atoms with E-state index in [0.717, 1.165) is 10.9 Å². The Bertz CT molecular complexity index is 521. The lowest BCUT2D eigenvalue weighted by Crippen LogP contribution is -2.07. The Hall–Kier alpha value is -1.51. The summed E-state index contributed by atoms with van der Waals surface area (Å²) >= 11 is 0. The van der Waals surface area contributed by atoms with E-state index in [-0.39, 0.29) is 11.6 Å². The van der Waals surface area contributed by atoms with E-state index in [1.807, 2.05) is 57.5 Å². The van der Waals surface area contributed by atoms with Crippen LogP contribution >= 0.6 is 0 Å². The number of aromatic amines is 1. The van der Waals surface area contributed by atoms with Crippen LogP contribution in [0.4, 0.5) is 0 Å². The van der Waals surface area contributed by atoms with Gasteiger partial charge < -0.3 is 0 Å². The third kappa shape index (κ3) is 3.49. The van der Waals surface area contributed by atoms with Crippen molar-refractivity contribution in [3.8, 4) is 0 Å². The van der Waals surface area contributed by atoms with Crippen LogP contribution in [0.5, 0.6) is 0 Å². The molecule has 102 valence electrons. The first-order valence-electron chi connectivity index (χ1n) is 6.80. The molecule has 0 saturated carbocycles. The van der Waals surface area contributed by atoms with Gasteiger partial charge in [-0.05, 0) is 38.5 Å². The summed E-state index contributed by atoms with van der Waals surface area (Å²) < 4.78 is 1.91. The quantitative estimate of drug-likeness (QED) is 0.806. The Morgan fingerprint density at radius 1 is 1.11 bits per heavy atom. The van der Waals surface area contributed by atoms with Crippen molar-refractivity contribution >= 4 is 10.9 Å². The lowest BCUT2D eigenvalue weighted by Gasteiger charge is -2.07. The second-order valence-corrected chi connectivity index (χ2v) is 3.93. The largest absolute Gasteiger partial charge is 0.282 e. The number of rotatable bonds is 1. The summed E-state index contributed by atoms with van der Waals surface area (Å²) in [6, 6.07) is 6.15. The molecule has 0 aliphatic rings. The molecule has 0 saturated heterocycles. The van der Waals surface area contributed by atoms with Gasteiger partial charge in [-0.15, -0.1) is 0 Å². The van der Waals surface area contributed by atoms with E-state index in [2.05, 4.69) is 18.9 Å². The maximum atomic E-state index is 11.5. The van der Waals surface area contributed by atoms with Crippen molar-refractivity contribution in [3.05, 3.63) is 34.1 Å². The fraction of sp³-hybridized carbons (Fsp3) is 0.533. The van der Waals surface area contributed by atoms with Gasteiger partial charge in [0.05, 0.1) is 10.9 Å². The van der Waals surface area contributed by atoms with Gasteiger partial charge in [0, 0.05) is 6.04 Å². The summed E-state index contributed by atoms with van der Waals surface area (Å²) in [7, 11) is 0. The zero-order valence-corrected chi connectivity index (χ0v) is 12.7. The van der Waals surface area contributed by atoms with Crippen LogP contribution in [0.3, 0.4) is 0 Å². The van der Waals surface area contributed by atoms with Gasteiger partial charge in [-0.25, -0.2) is 0 Å². The van der Waals surface area contributed by atoms with Gasteiger partial charge in [0.15, 0.2) is 0 Å². The Morgan fingerprint density at radius 3 is 2.17 bits per heavy atom. The molecule has 3 nitrogen and oxygen atoms in total. The molecule has 1 aromatic heterocycles. The monoisotopic (exact) mass is 250 g/mol. The number of aromatic nitrogens is 2. The van der Waals surface area contributed by atoms with Gasteiger partial charge in [0.2, 0.25) is 0 Å². The normalized spacial score (nSPS) is 9.56. The molecule has 1 N–H and O–H groups in total. The van der Waals surface area contributed by atoms with Crippen molar-refractivity contribution < 1.29 is 0 Å². The number of nitrogens with zero attached hydrogens (tertiary/aromatic N) is 1. The predicted molar refractivity (Wildman–Crippen MR) is 80.4 cm³/mol. The Kier molecular flexibility index (Phi) is 7.10. The third-order valence-corrected chi connectivity index (χ3v) is 2.40. The van der Waals surface area contributed by atoms with Crippen LogP contribution in [0, 0.1) is 6.92 Å². The number of H-pyrrole nitrogens is 1. The van der Waals surface area contributed by atoms with E-state index in [0.29, 0.717) is 0 Å². The van der Waals surface area contributed by atoms with Crippen molar-refractivity contribution in [2.75, 3.05) is 0 Å². The van der Waals surface area contributed by atoms with Gasteiger partial charge in [-0.2, -0.15) is 0 Å². The molecule has 0 atom stereocenters. The molecule has 0 spiro atoms. The molecule has 0 aliphatic carbocycles. The molecule has 0 amide bonds. The van der Waals surface area contributed by atoms with E-state index in [4.69, 9.17) is 0 Å². The molecule has 0 radical (unpaired) electrons. The van der Waals surface area contributed by atoms with Crippen molar-refractivity contribution in [2.24, 2.45) is 0 Å². The van der Waals surface area contributed by atoms with Crippen molar-refractivity contribution in [1.82, 2.24) is 9.78 Å². The number of benzene rings is 1. The van der Waals surface area contributed by atoms with Crippen molar-refractivity contribution in [3.63, 3.8) is 0 Å². The number of hydrogen-bond donors (Lipinski definition) is 1. The van der Waals surface area contributed by atoms with Crippen LogP contribution < -0.4 is 5.56 Å². The highest BCUT2D eigenvalue weighted by Crippen LogP contribution is 2.15. The molecule has 1 heterocycles. The fourth-order valence-corrected chi connectivity index (χ4v) is 1.67. The summed E-state index contributed by atoms with van der Waals surface area (Å²) in [4.78, 5) is 11.5. The lowest BCUT2D eigenvalue weighted by atomic mass is 10.2. The lowest BCUT2D eigenvalue weighted by molar-refractivity contribution is 0.546. The standard InChI is InChI=1S/C11H14N2O.2C2H6/c1-7(2)13-10-6-8(3)4-5-9(10)11(14)12-13;2*1-2/h4-7H,1-3H3,(H,12,14);2*1-2H3. The average molecular weight is 250 g/mol. The van der Waals surface area contributed by atoms with E-state index in [1.54, 1.807) is 0 Å². The SMILES string of the molecule is CC.CC.Cc1ccc2c(=O)[nH]n(C(C)C)c2c1. The molecular formula is C15H26N2O. The van der Waals surface area contributed by atoms with Crippen molar-refractivity contribution in [1.29, 1.82) is 0 Å². The Balaban J connectivity index is 0.000000659. The average Bonchev–Trinajstić information content (AvgIpc) is 2.71. The van der Waals surface area contributed by atoms with Crippen LogP contribution in [0.25, 0.3) is 10.9 Å². The summed E-state index contributed by atoms with van der Waals surface area (Å²) in [6.07, 6.45) is 0. The zero-order valence-electron chi connectivity index (χ0n) is 12.7. The summed E-state index contributed by atoms with van der Waals surface area (Å²) in [5.74, 6) is 0. The molecule has 0 fully saturated rings. The first kappa shape index (κ1) is 16.5. The highest BCUT2D eigenvalue weighted by atomic mass is 16.1. The molecule has 2 aromatic rings. The topological polar surface area (TPSA) is 37.8 Å². The molecule has 3 heteroatoms. The van der Waals surface area contributed by atoms with Gasteiger partial charge in [-0.3, -0.25) is 14.6 Å². The molecule has 0 unspecified atom stereocenters. The van der Waals surface area contributed by atoms with Crippen LogP contribution in [0.2, 0.25) is 0 Å². The van der Waals surface area contributed by atoms with Gasteiger partial charge in [0.1, 0.15) is 0 Å². The first-order valence-corrected chi connectivity index (χ1v) is 6.80. The van der Waals surface area contributed by atoms with E-state index in [1.165, 1.54) is 5.56 Å². The summed E-state index contributed by atoms with van der Waals surface area (Å²) in [5.41, 5.74) is 2.16. The summed E-state index contributed by atoms with van der Waals surface area (Å²) in [6.45, 7) is 14.1. The molecule has 1 aromatic carbocycles. The Morgan fingerprint density at radius 2 is 1.67 bits per heavy atom. The second-order valence-electron chi connectivity index (χ2n) is 3.93. The zero-order chi connectivity index (χ0) is 14.3. The molecule has 2 rings (SSSR count). The smallest absolute Gasteiger partial charge is 0.271 e. The number of hydrogen-bond acceptors (Lipinski definition) is 1. The highest BCUT2D eigenvalue weighted by molar-refractivity contribution is 5.79. The number of aryl methyl sites for hydroxylation is 1. The molecule has 18 heavy (non-hydrogen) atoms. The molecule has 0 aliphatic heterocycles. The predicted octanol–water partition coefficient (Wildman–Crippen LogP) is 4.27. The number of nitrogens with one attached hydrogen (secondary N) is 1. The highest BCUT2D eigenvalue weighted by Gasteiger charge is 2.07. The second kappa shape index (κ2) is 7.75. The van der Waals surface area contributed by atoms with Gasteiger partial charge >= 0.3 is 0 Å². The third-order valence-electron chi connectivity index (χ3n) is 2.40.